The summed E-state index contributed by atoms with van der Waals surface area (Å²) in [4.78, 5) is 12.0. The number of hydrogen-bond acceptors (Lipinski definition) is 8. The third-order valence-corrected chi connectivity index (χ3v) is 9.44. The fourth-order valence-electron chi connectivity index (χ4n) is 2.95. The number of aryl methyl sites for hydroxylation is 1. The van der Waals surface area contributed by atoms with Crippen molar-refractivity contribution in [2.45, 2.75) is 9.10 Å². The highest BCUT2D eigenvalue weighted by molar-refractivity contribution is 7.94. The normalized spacial score (nSPS) is 11.9. The van der Waals surface area contributed by atoms with E-state index < -0.39 is 20.0 Å². The number of rotatable bonds is 6. The first-order chi connectivity index (χ1) is 15.1. The smallest absolute Gasteiger partial charge is 0.271 e. The van der Waals surface area contributed by atoms with Crippen molar-refractivity contribution >= 4 is 65.2 Å². The van der Waals surface area contributed by atoms with E-state index in [0.717, 1.165) is 22.9 Å². The van der Waals surface area contributed by atoms with Crippen molar-refractivity contribution in [2.75, 3.05) is 9.44 Å². The standard InChI is InChI=1S/C19H14N4O5S4/c1-23-17-7-5-13(10-14(17)19(24)30-23)31(25,26)21-15-6-4-12(11-20)9-16(15)22-32(27,28)18-3-2-8-29-18/h2-10,21-22H,1H3. The lowest BCUT2D eigenvalue weighted by atomic mass is 10.2. The van der Waals surface area contributed by atoms with Crippen molar-refractivity contribution in [1.29, 1.82) is 5.26 Å². The van der Waals surface area contributed by atoms with Gasteiger partial charge in [-0.2, -0.15) is 5.26 Å². The molecule has 2 N–H and O–H groups in total. The summed E-state index contributed by atoms with van der Waals surface area (Å²) >= 11 is 1.95. The first-order valence-corrected chi connectivity index (χ1v) is 13.5. The zero-order valence-electron chi connectivity index (χ0n) is 16.3. The number of benzene rings is 2. The zero-order valence-corrected chi connectivity index (χ0v) is 19.5. The van der Waals surface area contributed by atoms with E-state index in [2.05, 4.69) is 9.44 Å². The van der Waals surface area contributed by atoms with Crippen LogP contribution in [0.3, 0.4) is 0 Å². The Hall–Kier alpha value is -3.18. The van der Waals surface area contributed by atoms with E-state index >= 15 is 0 Å². The molecule has 0 amide bonds. The fraction of sp³-hybridized carbons (Fsp3) is 0.0526. The number of anilines is 2. The lowest BCUT2D eigenvalue weighted by molar-refractivity contribution is 0.599. The number of hydrogen-bond donors (Lipinski definition) is 2. The summed E-state index contributed by atoms with van der Waals surface area (Å²) in [5.41, 5.74) is 0.567. The molecule has 2 aromatic carbocycles. The van der Waals surface area contributed by atoms with E-state index in [1.807, 2.05) is 6.07 Å². The largest absolute Gasteiger partial charge is 0.297 e. The minimum atomic E-state index is -4.17. The molecule has 9 nitrogen and oxygen atoms in total. The first kappa shape index (κ1) is 22.0. The van der Waals surface area contributed by atoms with Gasteiger partial charge in [0.2, 0.25) is 0 Å². The molecule has 0 unspecified atom stereocenters. The molecular formula is C19H14N4O5S4. The molecule has 0 fully saturated rings. The Labute approximate surface area is 191 Å². The molecule has 0 aliphatic rings. The van der Waals surface area contributed by atoms with Gasteiger partial charge in [-0.1, -0.05) is 6.07 Å². The number of nitriles is 1. The van der Waals surface area contributed by atoms with Crippen LogP contribution in [0.15, 0.2) is 67.8 Å². The highest BCUT2D eigenvalue weighted by Gasteiger charge is 2.22. The van der Waals surface area contributed by atoms with E-state index in [1.54, 1.807) is 22.5 Å². The molecule has 0 saturated heterocycles. The average Bonchev–Trinajstić information content (AvgIpc) is 3.38. The van der Waals surface area contributed by atoms with Crippen LogP contribution in [0.4, 0.5) is 11.4 Å². The summed E-state index contributed by atoms with van der Waals surface area (Å²) in [5, 5.41) is 11.0. The summed E-state index contributed by atoms with van der Waals surface area (Å²) in [6.45, 7) is 0. The summed E-state index contributed by atoms with van der Waals surface area (Å²) in [5.74, 6) is 0. The van der Waals surface area contributed by atoms with Gasteiger partial charge in [-0.3, -0.25) is 18.2 Å². The zero-order chi connectivity index (χ0) is 23.1. The molecule has 0 bridgehead atoms. The van der Waals surface area contributed by atoms with E-state index in [4.69, 9.17) is 0 Å². The molecule has 0 radical (unpaired) electrons. The van der Waals surface area contributed by atoms with E-state index in [-0.39, 0.29) is 36.2 Å². The Morgan fingerprint density at radius 1 is 0.969 bits per heavy atom. The van der Waals surface area contributed by atoms with Crippen LogP contribution in [0.5, 0.6) is 0 Å². The molecule has 0 aliphatic carbocycles. The van der Waals surface area contributed by atoms with Gasteiger partial charge in [0, 0.05) is 7.05 Å². The molecule has 0 spiro atoms. The van der Waals surface area contributed by atoms with Gasteiger partial charge in [0.15, 0.2) is 0 Å². The van der Waals surface area contributed by atoms with Crippen LogP contribution in [-0.2, 0) is 27.1 Å². The van der Waals surface area contributed by atoms with Crippen LogP contribution in [0.25, 0.3) is 10.9 Å². The molecule has 4 rings (SSSR count). The molecule has 164 valence electrons. The summed E-state index contributed by atoms with van der Waals surface area (Å²) in [7, 11) is -6.46. The van der Waals surface area contributed by atoms with Gasteiger partial charge >= 0.3 is 0 Å². The molecule has 13 heteroatoms. The Morgan fingerprint density at radius 2 is 1.72 bits per heavy atom. The van der Waals surface area contributed by atoms with Crippen molar-refractivity contribution in [3.05, 3.63) is 69.0 Å². The van der Waals surface area contributed by atoms with Crippen molar-refractivity contribution in [3.8, 4) is 6.07 Å². The Morgan fingerprint density at radius 3 is 2.41 bits per heavy atom. The average molecular weight is 507 g/mol. The highest BCUT2D eigenvalue weighted by Crippen LogP contribution is 2.30. The van der Waals surface area contributed by atoms with Gasteiger partial charge in [-0.15, -0.1) is 11.3 Å². The van der Waals surface area contributed by atoms with Gasteiger partial charge in [-0.25, -0.2) is 16.8 Å². The van der Waals surface area contributed by atoms with E-state index in [9.17, 15) is 26.9 Å². The second kappa shape index (κ2) is 8.06. The van der Waals surface area contributed by atoms with E-state index in [0.29, 0.717) is 5.52 Å². The maximum atomic E-state index is 13.0. The van der Waals surface area contributed by atoms with Crippen molar-refractivity contribution < 1.29 is 16.8 Å². The monoisotopic (exact) mass is 506 g/mol. The maximum absolute atomic E-state index is 13.0. The summed E-state index contributed by atoms with van der Waals surface area (Å²) < 4.78 is 57.4. The molecule has 0 saturated carbocycles. The molecular weight excluding hydrogens is 493 g/mol. The van der Waals surface area contributed by atoms with Crippen LogP contribution in [0, 0.1) is 11.3 Å². The van der Waals surface area contributed by atoms with Crippen LogP contribution < -0.4 is 14.2 Å². The second-order valence-electron chi connectivity index (χ2n) is 6.57. The molecule has 0 atom stereocenters. The Kier molecular flexibility index (Phi) is 5.55. The van der Waals surface area contributed by atoms with Gasteiger partial charge < -0.3 is 0 Å². The lowest BCUT2D eigenvalue weighted by Crippen LogP contribution is -2.17. The summed E-state index contributed by atoms with van der Waals surface area (Å²) in [6, 6.07) is 12.9. The van der Waals surface area contributed by atoms with Crippen LogP contribution in [-0.4, -0.2) is 20.8 Å². The summed E-state index contributed by atoms with van der Waals surface area (Å²) in [6.07, 6.45) is 0. The van der Waals surface area contributed by atoms with Crippen LogP contribution in [0.1, 0.15) is 5.56 Å². The molecule has 2 heterocycles. The van der Waals surface area contributed by atoms with Gasteiger partial charge in [0.1, 0.15) is 4.21 Å². The van der Waals surface area contributed by atoms with Crippen molar-refractivity contribution in [2.24, 2.45) is 7.05 Å². The number of thiophene rings is 1. The highest BCUT2D eigenvalue weighted by atomic mass is 32.2. The second-order valence-corrected chi connectivity index (χ2v) is 12.2. The molecule has 0 aliphatic heterocycles. The number of nitrogens with zero attached hydrogens (tertiary/aromatic N) is 2. The topological polar surface area (TPSA) is 138 Å². The van der Waals surface area contributed by atoms with E-state index in [1.165, 1.54) is 42.5 Å². The first-order valence-electron chi connectivity index (χ1n) is 8.84. The Balaban J connectivity index is 1.75. The minimum Gasteiger partial charge on any atom is -0.297 e. The van der Waals surface area contributed by atoms with Gasteiger partial charge in [0.05, 0.1) is 38.8 Å². The minimum absolute atomic E-state index is 0.0347. The lowest BCUT2D eigenvalue weighted by Gasteiger charge is -2.14. The van der Waals surface area contributed by atoms with Gasteiger partial charge in [-0.05, 0) is 59.4 Å². The molecule has 32 heavy (non-hydrogen) atoms. The third-order valence-electron chi connectivity index (χ3n) is 4.45. The third kappa shape index (κ3) is 4.13. The van der Waals surface area contributed by atoms with Crippen LogP contribution in [0.2, 0.25) is 0 Å². The number of nitrogens with one attached hydrogen (secondary N) is 2. The molecule has 2 aromatic heterocycles. The number of sulfonamides is 2. The predicted molar refractivity (Wildman–Crippen MR) is 124 cm³/mol. The maximum Gasteiger partial charge on any atom is 0.271 e. The SMILES string of the molecule is Cn1sc(=O)c2cc(S(=O)(=O)Nc3ccc(C#N)cc3NS(=O)(=O)c3cccs3)ccc21. The van der Waals surface area contributed by atoms with Crippen molar-refractivity contribution in [3.63, 3.8) is 0 Å². The number of aromatic nitrogens is 1. The predicted octanol–water partition coefficient (Wildman–Crippen LogP) is 3.13. The number of fused-ring (bicyclic) bond motifs is 1. The Bertz CT molecular complexity index is 1640. The fourth-order valence-corrected chi connectivity index (χ4v) is 6.88. The van der Waals surface area contributed by atoms with Gasteiger partial charge in [0.25, 0.3) is 24.8 Å². The quantitative estimate of drug-likeness (QED) is 0.412. The van der Waals surface area contributed by atoms with Crippen molar-refractivity contribution in [1.82, 2.24) is 3.96 Å². The van der Waals surface area contributed by atoms with Crippen LogP contribution >= 0.6 is 22.9 Å². The molecule has 4 aromatic rings.